The molecule has 1 aliphatic rings. The Hall–Kier alpha value is -2.25. The molecule has 3 rings (SSSR count). The summed E-state index contributed by atoms with van der Waals surface area (Å²) >= 11 is 12.0. The van der Waals surface area contributed by atoms with E-state index in [2.05, 4.69) is 9.98 Å². The van der Waals surface area contributed by atoms with E-state index < -0.39 is 5.91 Å². The first-order valence-corrected chi connectivity index (χ1v) is 8.18. The molecule has 9 heteroatoms. The molecule has 0 atom stereocenters. The molecule has 25 heavy (non-hydrogen) atoms. The smallest absolute Gasteiger partial charge is 0.300 e. The Balaban J connectivity index is 2.12. The number of methoxy groups -OCH3 is 2. The molecular formula is C16H15Cl2N3O4. The van der Waals surface area contributed by atoms with Crippen LogP contribution in [0.2, 0.25) is 10.0 Å². The van der Waals surface area contributed by atoms with Crippen LogP contribution < -0.4 is 14.8 Å². The lowest BCUT2D eigenvalue weighted by Crippen LogP contribution is -2.14. The van der Waals surface area contributed by atoms with Crippen LogP contribution in [0.4, 0.5) is 0 Å². The fourth-order valence-corrected chi connectivity index (χ4v) is 3.07. The molecule has 1 aliphatic carbocycles. The van der Waals surface area contributed by atoms with Crippen molar-refractivity contribution in [3.63, 3.8) is 0 Å². The number of amides is 1. The third kappa shape index (κ3) is 3.43. The van der Waals surface area contributed by atoms with Gasteiger partial charge in [0.2, 0.25) is 0 Å². The van der Waals surface area contributed by atoms with E-state index in [9.17, 15) is 10.0 Å². The summed E-state index contributed by atoms with van der Waals surface area (Å²) < 4.78 is 11.4. The standard InChI is InChI=1S/C16H15Cl2N3O4/c1-24-11-5-19-14(15(25-2)12(11)8-3-4-8)16(22)20-13-9(17)6-21(23)7-10(13)18/h5-8,23H,3-4H2,1-2H3. The fourth-order valence-electron chi connectivity index (χ4n) is 2.54. The average Bonchev–Trinajstić information content (AvgIpc) is 3.41. The van der Waals surface area contributed by atoms with Gasteiger partial charge in [0.25, 0.3) is 5.91 Å². The Morgan fingerprint density at radius 2 is 1.92 bits per heavy atom. The van der Waals surface area contributed by atoms with Crippen molar-refractivity contribution in [2.24, 2.45) is 4.99 Å². The van der Waals surface area contributed by atoms with Crippen molar-refractivity contribution in [3.05, 3.63) is 45.3 Å². The summed E-state index contributed by atoms with van der Waals surface area (Å²) in [6.45, 7) is 0. The molecule has 1 saturated carbocycles. The summed E-state index contributed by atoms with van der Waals surface area (Å²) in [6, 6.07) is 0. The predicted octanol–water partition coefficient (Wildman–Crippen LogP) is 3.06. The summed E-state index contributed by atoms with van der Waals surface area (Å²) in [4.78, 5) is 20.7. The van der Waals surface area contributed by atoms with Gasteiger partial charge in [-0.3, -0.25) is 4.79 Å². The van der Waals surface area contributed by atoms with E-state index in [0.29, 0.717) is 16.2 Å². The quantitative estimate of drug-likeness (QED) is 0.819. The van der Waals surface area contributed by atoms with Gasteiger partial charge < -0.3 is 14.7 Å². The Bertz CT molecular complexity index is 881. The lowest BCUT2D eigenvalue weighted by atomic mass is 10.1. The monoisotopic (exact) mass is 383 g/mol. The highest BCUT2D eigenvalue weighted by Gasteiger charge is 2.33. The van der Waals surface area contributed by atoms with Gasteiger partial charge in [0.1, 0.15) is 11.1 Å². The highest BCUT2D eigenvalue weighted by molar-refractivity contribution is 6.34. The average molecular weight is 384 g/mol. The lowest BCUT2D eigenvalue weighted by Gasteiger charge is -2.14. The molecule has 0 spiro atoms. The first-order valence-electron chi connectivity index (χ1n) is 7.42. The number of hydrogen-bond acceptors (Lipinski definition) is 5. The Labute approximate surface area is 153 Å². The molecule has 2 aromatic heterocycles. The van der Waals surface area contributed by atoms with Crippen LogP contribution in [0.15, 0.2) is 23.6 Å². The molecule has 0 unspecified atom stereocenters. The Morgan fingerprint density at radius 1 is 1.28 bits per heavy atom. The minimum absolute atomic E-state index is 0.0262. The van der Waals surface area contributed by atoms with E-state index in [4.69, 9.17) is 32.7 Å². The van der Waals surface area contributed by atoms with E-state index in [1.807, 2.05) is 0 Å². The number of hydrogen-bond donors (Lipinski definition) is 1. The van der Waals surface area contributed by atoms with Crippen molar-refractivity contribution in [1.82, 2.24) is 9.71 Å². The van der Waals surface area contributed by atoms with Crippen LogP contribution in [-0.4, -0.2) is 35.0 Å². The molecule has 132 valence electrons. The zero-order valence-electron chi connectivity index (χ0n) is 13.5. The van der Waals surface area contributed by atoms with E-state index in [1.165, 1.54) is 25.7 Å². The Morgan fingerprint density at radius 3 is 2.44 bits per heavy atom. The Kier molecular flexibility index (Phi) is 4.87. The molecule has 0 aromatic carbocycles. The van der Waals surface area contributed by atoms with Crippen molar-refractivity contribution >= 4 is 29.1 Å². The molecule has 0 bridgehead atoms. The highest BCUT2D eigenvalue weighted by Crippen LogP contribution is 2.49. The summed E-state index contributed by atoms with van der Waals surface area (Å²) in [7, 11) is 3.01. The second kappa shape index (κ2) is 6.93. The molecule has 1 N–H and O–H groups in total. The van der Waals surface area contributed by atoms with E-state index >= 15 is 0 Å². The second-order valence-corrected chi connectivity index (χ2v) is 6.31. The van der Waals surface area contributed by atoms with Crippen molar-refractivity contribution in [2.45, 2.75) is 18.8 Å². The van der Waals surface area contributed by atoms with E-state index in [0.717, 1.165) is 18.4 Å². The number of rotatable bonds is 4. The van der Waals surface area contributed by atoms with Gasteiger partial charge in [-0.05, 0) is 18.8 Å². The van der Waals surface area contributed by atoms with Gasteiger partial charge >= 0.3 is 0 Å². The van der Waals surface area contributed by atoms with Gasteiger partial charge in [0, 0.05) is 5.56 Å². The number of ether oxygens (including phenoxy) is 2. The van der Waals surface area contributed by atoms with Crippen molar-refractivity contribution in [3.8, 4) is 11.5 Å². The first-order chi connectivity index (χ1) is 12.0. The summed E-state index contributed by atoms with van der Waals surface area (Å²) in [6.07, 6.45) is 5.82. The van der Waals surface area contributed by atoms with Crippen LogP contribution in [0.3, 0.4) is 0 Å². The van der Waals surface area contributed by atoms with Gasteiger partial charge in [-0.1, -0.05) is 23.2 Å². The molecule has 1 amide bonds. The number of carbonyl (C=O) groups excluding carboxylic acids is 1. The number of halogens is 2. The van der Waals surface area contributed by atoms with Crippen LogP contribution in [0, 0.1) is 0 Å². The van der Waals surface area contributed by atoms with Gasteiger partial charge in [-0.2, -0.15) is 4.73 Å². The zero-order chi connectivity index (χ0) is 18.1. The maximum atomic E-state index is 12.6. The SMILES string of the molecule is COc1cnc(C(=O)N=c2c(Cl)cn(O)cc2Cl)c(OC)c1C1CC1. The summed E-state index contributed by atoms with van der Waals surface area (Å²) in [5, 5.41) is 9.49. The molecule has 0 aliphatic heterocycles. The van der Waals surface area contributed by atoms with Crippen molar-refractivity contribution in [2.75, 3.05) is 14.2 Å². The zero-order valence-corrected chi connectivity index (χ0v) is 15.0. The number of aromatic nitrogens is 2. The van der Waals surface area contributed by atoms with Gasteiger partial charge in [0.05, 0.1) is 42.9 Å². The van der Waals surface area contributed by atoms with Crippen molar-refractivity contribution in [1.29, 1.82) is 0 Å². The first kappa shape index (κ1) is 17.6. The minimum Gasteiger partial charge on any atom is -0.495 e. The largest absolute Gasteiger partial charge is 0.495 e. The maximum absolute atomic E-state index is 12.6. The topological polar surface area (TPSA) is 85.9 Å². The predicted molar refractivity (Wildman–Crippen MR) is 90.8 cm³/mol. The highest BCUT2D eigenvalue weighted by atomic mass is 35.5. The van der Waals surface area contributed by atoms with Crippen LogP contribution >= 0.6 is 23.2 Å². The number of nitrogens with zero attached hydrogens (tertiary/aromatic N) is 3. The third-order valence-corrected chi connectivity index (χ3v) is 4.36. The number of carbonyl (C=O) groups is 1. The van der Waals surface area contributed by atoms with E-state index in [1.54, 1.807) is 7.11 Å². The normalized spacial score (nSPS) is 13.4. The molecule has 2 heterocycles. The van der Waals surface area contributed by atoms with Crippen LogP contribution in [0.1, 0.15) is 34.8 Å². The molecular weight excluding hydrogens is 369 g/mol. The second-order valence-electron chi connectivity index (χ2n) is 5.50. The minimum atomic E-state index is -0.652. The van der Waals surface area contributed by atoms with Gasteiger partial charge in [-0.15, -0.1) is 0 Å². The molecule has 0 saturated heterocycles. The molecule has 2 aromatic rings. The lowest BCUT2D eigenvalue weighted by molar-refractivity contribution is 0.0990. The van der Waals surface area contributed by atoms with Gasteiger partial charge in [0.15, 0.2) is 11.4 Å². The molecule has 1 fully saturated rings. The fraction of sp³-hybridized carbons (Fsp3) is 0.312. The van der Waals surface area contributed by atoms with Crippen LogP contribution in [-0.2, 0) is 0 Å². The van der Waals surface area contributed by atoms with Gasteiger partial charge in [-0.25, -0.2) is 9.98 Å². The van der Waals surface area contributed by atoms with Crippen LogP contribution in [0.25, 0.3) is 0 Å². The molecule has 0 radical (unpaired) electrons. The third-order valence-electron chi connectivity index (χ3n) is 3.81. The molecule has 7 nitrogen and oxygen atoms in total. The summed E-state index contributed by atoms with van der Waals surface area (Å²) in [5.41, 5.74) is 0.870. The summed E-state index contributed by atoms with van der Waals surface area (Å²) in [5.74, 6) is 0.543. The van der Waals surface area contributed by atoms with Crippen molar-refractivity contribution < 1.29 is 19.5 Å². The maximum Gasteiger partial charge on any atom is 0.300 e. The number of pyridine rings is 2. The van der Waals surface area contributed by atoms with Crippen LogP contribution in [0.5, 0.6) is 11.5 Å². The van der Waals surface area contributed by atoms with E-state index in [-0.39, 0.29) is 27.0 Å².